The molecule has 0 bridgehead atoms. The van der Waals surface area contributed by atoms with Crippen LogP contribution in [0.5, 0.6) is 0 Å². The highest BCUT2D eigenvalue weighted by atomic mass is 15.0. The minimum absolute atomic E-state index is 0.0540. The molecule has 0 saturated carbocycles. The number of aromatic nitrogens is 3. The molecule has 9 aromatic rings. The Morgan fingerprint density at radius 2 is 1.16 bits per heavy atom. The Labute approximate surface area is 361 Å². The normalized spacial score (nSPS) is 15.0. The summed E-state index contributed by atoms with van der Waals surface area (Å²) in [6, 6.07) is 60.2. The number of fused-ring (bicyclic) bond motifs is 7. The highest BCUT2D eigenvalue weighted by molar-refractivity contribution is 6.25. The van der Waals surface area contributed by atoms with Gasteiger partial charge >= 0.3 is 0 Å². The summed E-state index contributed by atoms with van der Waals surface area (Å²) in [5, 5.41) is 17.8. The first-order valence-corrected chi connectivity index (χ1v) is 20.9. The Morgan fingerprint density at radius 1 is 0.581 bits per heavy atom. The third kappa shape index (κ3) is 6.94. The van der Waals surface area contributed by atoms with Gasteiger partial charge in [0.15, 0.2) is 17.5 Å². The fraction of sp³-hybridized carbons (Fsp3) is 0.0690. The van der Waals surface area contributed by atoms with E-state index in [1.807, 2.05) is 55.5 Å². The number of hydrogen-bond donors (Lipinski definition) is 0. The molecule has 4 heteroatoms. The number of allylic oxidation sites excluding steroid dienone is 5. The molecule has 10 rings (SSSR count). The van der Waals surface area contributed by atoms with Crippen LogP contribution in [-0.2, 0) is 0 Å². The van der Waals surface area contributed by atoms with Crippen molar-refractivity contribution in [3.8, 4) is 52.3 Å². The molecule has 0 amide bonds. The quantitative estimate of drug-likeness (QED) is 0.0916. The Kier molecular flexibility index (Phi) is 9.89. The van der Waals surface area contributed by atoms with E-state index in [0.717, 1.165) is 39.0 Å². The van der Waals surface area contributed by atoms with Crippen LogP contribution in [-0.4, -0.2) is 15.0 Å². The second kappa shape index (κ2) is 16.1. The van der Waals surface area contributed by atoms with Gasteiger partial charge in [-0.2, -0.15) is 5.26 Å². The second-order valence-corrected chi connectivity index (χ2v) is 15.9. The molecule has 0 radical (unpaired) electrons. The first-order valence-electron chi connectivity index (χ1n) is 20.9. The summed E-state index contributed by atoms with van der Waals surface area (Å²) in [5.74, 6) is 4.53. The zero-order valence-corrected chi connectivity index (χ0v) is 34.4. The lowest BCUT2D eigenvalue weighted by Crippen LogP contribution is -2.17. The van der Waals surface area contributed by atoms with Crippen LogP contribution in [0.15, 0.2) is 188 Å². The molecule has 1 aliphatic carbocycles. The SMILES string of the molecule is C#C/C=C\C=C(/C)c1nc(-c2ccccc2)nc(-c2ccc(C3=CC(C)C(c4cc(C#N)cc(-c5ccc6c7ccccc7c7ccccc7c6c5)c4)c4ccccc43)cc2)n1. The Morgan fingerprint density at radius 3 is 1.84 bits per heavy atom. The summed E-state index contributed by atoms with van der Waals surface area (Å²) in [5.41, 5.74) is 11.3. The van der Waals surface area contributed by atoms with Crippen LogP contribution in [0, 0.1) is 29.6 Å². The zero-order valence-electron chi connectivity index (χ0n) is 34.4. The van der Waals surface area contributed by atoms with Crippen molar-refractivity contribution in [2.75, 3.05) is 0 Å². The first-order chi connectivity index (χ1) is 30.5. The molecule has 0 saturated heterocycles. The van der Waals surface area contributed by atoms with E-state index in [2.05, 4.69) is 152 Å². The van der Waals surface area contributed by atoms with Gasteiger partial charge in [0, 0.05) is 17.0 Å². The molecule has 0 fully saturated rings. The molecule has 2 atom stereocenters. The monoisotopic (exact) mass is 792 g/mol. The third-order valence-corrected chi connectivity index (χ3v) is 12.1. The van der Waals surface area contributed by atoms with Crippen molar-refractivity contribution >= 4 is 43.5 Å². The van der Waals surface area contributed by atoms with E-state index in [0.29, 0.717) is 23.0 Å². The van der Waals surface area contributed by atoms with Gasteiger partial charge in [0.1, 0.15) is 0 Å². The first kappa shape index (κ1) is 38.0. The summed E-state index contributed by atoms with van der Waals surface area (Å²) >= 11 is 0. The lowest BCUT2D eigenvalue weighted by Gasteiger charge is -2.32. The van der Waals surface area contributed by atoms with E-state index in [9.17, 15) is 5.26 Å². The largest absolute Gasteiger partial charge is 0.209 e. The number of benzene rings is 8. The fourth-order valence-electron chi connectivity index (χ4n) is 9.15. The predicted molar refractivity (Wildman–Crippen MR) is 256 cm³/mol. The van der Waals surface area contributed by atoms with Gasteiger partial charge in [-0.05, 0) is 114 Å². The Balaban J connectivity index is 1.02. The van der Waals surface area contributed by atoms with Crippen molar-refractivity contribution in [3.63, 3.8) is 0 Å². The molecule has 0 spiro atoms. The molecule has 2 unspecified atom stereocenters. The molecular formula is C58H40N4. The topological polar surface area (TPSA) is 62.5 Å². The molecule has 1 aromatic heterocycles. The van der Waals surface area contributed by atoms with E-state index in [4.69, 9.17) is 21.4 Å². The van der Waals surface area contributed by atoms with Crippen molar-refractivity contribution < 1.29 is 0 Å². The summed E-state index contributed by atoms with van der Waals surface area (Å²) in [6.45, 7) is 4.26. The highest BCUT2D eigenvalue weighted by Crippen LogP contribution is 2.46. The number of terminal acetylenes is 1. The highest BCUT2D eigenvalue weighted by Gasteiger charge is 2.29. The number of hydrogen-bond acceptors (Lipinski definition) is 4. The lowest BCUT2D eigenvalue weighted by molar-refractivity contribution is 0.616. The van der Waals surface area contributed by atoms with Gasteiger partial charge in [-0.1, -0.05) is 177 Å². The summed E-state index contributed by atoms with van der Waals surface area (Å²) in [6.07, 6.45) is 13.2. The maximum Gasteiger partial charge on any atom is 0.164 e. The van der Waals surface area contributed by atoms with E-state index < -0.39 is 0 Å². The molecule has 0 aliphatic heterocycles. The molecule has 8 aromatic carbocycles. The number of rotatable bonds is 7. The lowest BCUT2D eigenvalue weighted by atomic mass is 9.72. The van der Waals surface area contributed by atoms with Gasteiger partial charge in [-0.15, -0.1) is 6.42 Å². The van der Waals surface area contributed by atoms with E-state index >= 15 is 0 Å². The van der Waals surface area contributed by atoms with Crippen molar-refractivity contribution in [2.45, 2.75) is 19.8 Å². The minimum Gasteiger partial charge on any atom is -0.209 e. The van der Waals surface area contributed by atoms with Gasteiger partial charge in [-0.3, -0.25) is 0 Å². The van der Waals surface area contributed by atoms with E-state index in [1.54, 1.807) is 6.08 Å². The summed E-state index contributed by atoms with van der Waals surface area (Å²) in [4.78, 5) is 14.7. The van der Waals surface area contributed by atoms with E-state index in [-0.39, 0.29) is 11.8 Å². The zero-order chi connectivity index (χ0) is 42.2. The van der Waals surface area contributed by atoms with Crippen LogP contribution in [0.1, 0.15) is 53.4 Å². The third-order valence-electron chi connectivity index (χ3n) is 12.1. The number of nitrogens with zero attached hydrogens (tertiary/aromatic N) is 4. The van der Waals surface area contributed by atoms with Crippen LogP contribution in [0.4, 0.5) is 0 Å². The van der Waals surface area contributed by atoms with Gasteiger partial charge < -0.3 is 0 Å². The number of nitriles is 1. The van der Waals surface area contributed by atoms with Crippen LogP contribution in [0.25, 0.3) is 77.4 Å². The molecule has 4 nitrogen and oxygen atoms in total. The Hall–Kier alpha value is -8.18. The summed E-state index contributed by atoms with van der Waals surface area (Å²) in [7, 11) is 0. The van der Waals surface area contributed by atoms with Crippen molar-refractivity contribution in [1.29, 1.82) is 5.26 Å². The van der Waals surface area contributed by atoms with Crippen LogP contribution < -0.4 is 0 Å². The van der Waals surface area contributed by atoms with Crippen molar-refractivity contribution in [3.05, 3.63) is 222 Å². The predicted octanol–water partition coefficient (Wildman–Crippen LogP) is 14.0. The van der Waals surface area contributed by atoms with Gasteiger partial charge in [0.05, 0.1) is 11.6 Å². The van der Waals surface area contributed by atoms with Crippen molar-refractivity contribution in [2.24, 2.45) is 5.92 Å². The maximum absolute atomic E-state index is 10.4. The molecule has 62 heavy (non-hydrogen) atoms. The standard InChI is InChI=1S/C58H40N4/c1-4-5-7-16-37(2)56-60-57(41-17-8-6-9-18-41)62-58(61-56)42-27-25-40(26-28-42)53-31-38(3)55(52-24-15-14-23-50(52)53)45-33-39(36-59)32-44(34-45)43-29-30-51-48-21-11-10-19-46(48)47-20-12-13-22-49(47)54(51)35-43/h1,5-35,38,55H,2-3H3/b7-5-,37-16+. The molecular weight excluding hydrogens is 753 g/mol. The molecule has 292 valence electrons. The minimum atomic E-state index is 0.0540. The van der Waals surface area contributed by atoms with Crippen LogP contribution in [0.2, 0.25) is 0 Å². The second-order valence-electron chi connectivity index (χ2n) is 15.9. The Bertz CT molecular complexity index is 3360. The van der Waals surface area contributed by atoms with Gasteiger partial charge in [-0.25, -0.2) is 15.0 Å². The van der Waals surface area contributed by atoms with Crippen molar-refractivity contribution in [1.82, 2.24) is 15.0 Å². The molecule has 0 N–H and O–H groups in total. The smallest absolute Gasteiger partial charge is 0.164 e. The van der Waals surface area contributed by atoms with Gasteiger partial charge in [0.2, 0.25) is 0 Å². The van der Waals surface area contributed by atoms with Crippen LogP contribution in [0.3, 0.4) is 0 Å². The molecule has 1 heterocycles. The van der Waals surface area contributed by atoms with E-state index in [1.165, 1.54) is 49.0 Å². The van der Waals surface area contributed by atoms with Crippen LogP contribution >= 0.6 is 0 Å². The average molecular weight is 793 g/mol. The summed E-state index contributed by atoms with van der Waals surface area (Å²) < 4.78 is 0. The average Bonchev–Trinajstić information content (AvgIpc) is 3.33. The fourth-order valence-corrected chi connectivity index (χ4v) is 9.15. The van der Waals surface area contributed by atoms with Gasteiger partial charge in [0.25, 0.3) is 0 Å². The maximum atomic E-state index is 10.4. The molecule has 1 aliphatic rings.